The van der Waals surface area contributed by atoms with Gasteiger partial charge < -0.3 is 9.63 Å². The van der Waals surface area contributed by atoms with Crippen LogP contribution in [-0.4, -0.2) is 25.0 Å². The Morgan fingerprint density at radius 1 is 1.57 bits per heavy atom. The molecule has 0 saturated heterocycles. The quantitative estimate of drug-likeness (QED) is 0.754. The maximum atomic E-state index is 9.17. The third kappa shape index (κ3) is 1.51. The van der Waals surface area contributed by atoms with E-state index in [1.807, 2.05) is 0 Å². The summed E-state index contributed by atoms with van der Waals surface area (Å²) in [7, 11) is 1.80. The molecule has 0 amide bonds. The van der Waals surface area contributed by atoms with Crippen molar-refractivity contribution in [2.24, 2.45) is 7.05 Å². The molecule has 0 bridgehead atoms. The third-order valence-corrected chi connectivity index (χ3v) is 1.74. The van der Waals surface area contributed by atoms with E-state index >= 15 is 0 Å². The normalized spacial score (nSPS) is 13.1. The van der Waals surface area contributed by atoms with Gasteiger partial charge in [-0.05, 0) is 13.0 Å². The van der Waals surface area contributed by atoms with E-state index in [0.29, 0.717) is 11.5 Å². The predicted octanol–water partition coefficient (Wildman–Crippen LogP) is 0.523. The smallest absolute Gasteiger partial charge is 0.255 e. The second kappa shape index (κ2) is 3.22. The van der Waals surface area contributed by atoms with Crippen LogP contribution in [0.15, 0.2) is 16.8 Å². The van der Waals surface area contributed by atoms with Crippen molar-refractivity contribution in [2.75, 3.05) is 0 Å². The van der Waals surface area contributed by atoms with Crippen molar-refractivity contribution < 1.29 is 9.63 Å². The molecule has 74 valence electrons. The second-order valence-electron chi connectivity index (χ2n) is 3.01. The van der Waals surface area contributed by atoms with E-state index in [1.54, 1.807) is 30.9 Å². The molecular weight excluding hydrogens is 184 g/mol. The van der Waals surface area contributed by atoms with Crippen molar-refractivity contribution >= 4 is 0 Å². The van der Waals surface area contributed by atoms with Gasteiger partial charge >= 0.3 is 0 Å². The van der Waals surface area contributed by atoms with Gasteiger partial charge in [-0.1, -0.05) is 5.16 Å². The molecule has 0 fully saturated rings. The number of hydrogen-bond acceptors (Lipinski definition) is 5. The molecule has 1 atom stereocenters. The van der Waals surface area contributed by atoms with Crippen molar-refractivity contribution in [1.29, 1.82) is 0 Å². The van der Waals surface area contributed by atoms with Crippen molar-refractivity contribution in [1.82, 2.24) is 19.9 Å². The Kier molecular flexibility index (Phi) is 2.05. The molecule has 2 aromatic heterocycles. The molecule has 0 radical (unpaired) electrons. The van der Waals surface area contributed by atoms with Gasteiger partial charge in [0.15, 0.2) is 0 Å². The zero-order valence-electron chi connectivity index (χ0n) is 7.88. The first kappa shape index (κ1) is 8.89. The molecule has 2 aromatic rings. The van der Waals surface area contributed by atoms with Gasteiger partial charge in [0.2, 0.25) is 5.82 Å². The summed E-state index contributed by atoms with van der Waals surface area (Å²) in [5, 5.41) is 17.0. The summed E-state index contributed by atoms with van der Waals surface area (Å²) in [6.45, 7) is 1.57. The lowest BCUT2D eigenvalue weighted by Gasteiger charge is -1.91. The van der Waals surface area contributed by atoms with Crippen LogP contribution in [-0.2, 0) is 7.05 Å². The zero-order valence-corrected chi connectivity index (χ0v) is 7.88. The van der Waals surface area contributed by atoms with Crippen LogP contribution in [0.1, 0.15) is 18.9 Å². The SMILES string of the molecule is C[C@H](O)c1nc(-c2ccn(C)n2)no1. The molecular formula is C8H10N4O2. The number of aliphatic hydroxyl groups excluding tert-OH is 1. The fourth-order valence-corrected chi connectivity index (χ4v) is 1.04. The predicted molar refractivity (Wildman–Crippen MR) is 47.1 cm³/mol. The number of aryl methyl sites for hydroxylation is 1. The average molecular weight is 194 g/mol. The van der Waals surface area contributed by atoms with E-state index in [9.17, 15) is 0 Å². The minimum Gasteiger partial charge on any atom is -0.384 e. The summed E-state index contributed by atoms with van der Waals surface area (Å²) in [6.07, 6.45) is 1.04. The summed E-state index contributed by atoms with van der Waals surface area (Å²) in [4.78, 5) is 3.99. The van der Waals surface area contributed by atoms with Crippen molar-refractivity contribution in [2.45, 2.75) is 13.0 Å². The van der Waals surface area contributed by atoms with Crippen LogP contribution in [0, 0.1) is 0 Å². The number of aromatic nitrogens is 4. The average Bonchev–Trinajstić information content (AvgIpc) is 2.70. The van der Waals surface area contributed by atoms with E-state index < -0.39 is 6.10 Å². The maximum absolute atomic E-state index is 9.17. The van der Waals surface area contributed by atoms with E-state index in [0.717, 1.165) is 0 Å². The Morgan fingerprint density at radius 2 is 2.36 bits per heavy atom. The Morgan fingerprint density at radius 3 is 2.86 bits per heavy atom. The molecule has 0 unspecified atom stereocenters. The van der Waals surface area contributed by atoms with Crippen molar-refractivity contribution in [3.05, 3.63) is 18.2 Å². The number of aliphatic hydroxyl groups is 1. The molecule has 2 heterocycles. The number of hydrogen-bond donors (Lipinski definition) is 1. The van der Waals surface area contributed by atoms with Gasteiger partial charge in [-0.3, -0.25) is 4.68 Å². The molecule has 6 heteroatoms. The molecule has 0 aliphatic rings. The van der Waals surface area contributed by atoms with Crippen LogP contribution in [0.4, 0.5) is 0 Å². The fourth-order valence-electron chi connectivity index (χ4n) is 1.04. The van der Waals surface area contributed by atoms with E-state index in [-0.39, 0.29) is 5.89 Å². The highest BCUT2D eigenvalue weighted by atomic mass is 16.5. The Hall–Kier alpha value is -1.69. The highest BCUT2D eigenvalue weighted by molar-refractivity contribution is 5.46. The highest BCUT2D eigenvalue weighted by Crippen LogP contribution is 2.15. The summed E-state index contributed by atoms with van der Waals surface area (Å²) in [6, 6.07) is 1.77. The van der Waals surface area contributed by atoms with Crippen LogP contribution in [0.3, 0.4) is 0 Å². The standard InChI is InChI=1S/C8H10N4O2/c1-5(13)8-9-7(11-14-8)6-3-4-12(2)10-6/h3-5,13H,1-2H3/t5-/m0/s1. The van der Waals surface area contributed by atoms with E-state index in [2.05, 4.69) is 15.2 Å². The lowest BCUT2D eigenvalue weighted by molar-refractivity contribution is 0.152. The van der Waals surface area contributed by atoms with Gasteiger partial charge in [-0.2, -0.15) is 10.1 Å². The molecule has 6 nitrogen and oxygen atoms in total. The lowest BCUT2D eigenvalue weighted by atomic mass is 10.4. The van der Waals surface area contributed by atoms with Gasteiger partial charge in [0.1, 0.15) is 11.8 Å². The largest absolute Gasteiger partial charge is 0.384 e. The lowest BCUT2D eigenvalue weighted by Crippen LogP contribution is -1.91. The highest BCUT2D eigenvalue weighted by Gasteiger charge is 2.13. The topological polar surface area (TPSA) is 77.0 Å². The molecule has 14 heavy (non-hydrogen) atoms. The van der Waals surface area contributed by atoms with E-state index in [1.165, 1.54) is 0 Å². The summed E-state index contributed by atoms with van der Waals surface area (Å²) >= 11 is 0. The van der Waals surface area contributed by atoms with Crippen LogP contribution in [0.25, 0.3) is 11.5 Å². The Bertz CT molecular complexity index is 432. The van der Waals surface area contributed by atoms with Crippen molar-refractivity contribution in [3.8, 4) is 11.5 Å². The molecule has 1 N–H and O–H groups in total. The van der Waals surface area contributed by atoms with Crippen LogP contribution < -0.4 is 0 Å². The Balaban J connectivity index is 2.33. The summed E-state index contributed by atoms with van der Waals surface area (Å²) in [5.74, 6) is 0.590. The minimum absolute atomic E-state index is 0.200. The van der Waals surface area contributed by atoms with Crippen LogP contribution in [0.5, 0.6) is 0 Å². The van der Waals surface area contributed by atoms with E-state index in [4.69, 9.17) is 9.63 Å². The molecule has 2 rings (SSSR count). The Labute approximate surface area is 80.2 Å². The molecule has 0 spiro atoms. The van der Waals surface area contributed by atoms with Crippen molar-refractivity contribution in [3.63, 3.8) is 0 Å². The fraction of sp³-hybridized carbons (Fsp3) is 0.375. The third-order valence-electron chi connectivity index (χ3n) is 1.74. The van der Waals surface area contributed by atoms with Gasteiger partial charge in [0.05, 0.1) is 0 Å². The van der Waals surface area contributed by atoms with Crippen LogP contribution in [0.2, 0.25) is 0 Å². The first-order valence-electron chi connectivity index (χ1n) is 4.18. The monoisotopic (exact) mass is 194 g/mol. The molecule has 0 aliphatic carbocycles. The summed E-state index contributed by atoms with van der Waals surface area (Å²) < 4.78 is 6.48. The zero-order chi connectivity index (χ0) is 10.1. The summed E-state index contributed by atoms with van der Waals surface area (Å²) in [5.41, 5.74) is 0.628. The van der Waals surface area contributed by atoms with Gasteiger partial charge in [-0.25, -0.2) is 0 Å². The number of rotatable bonds is 2. The minimum atomic E-state index is -0.750. The van der Waals surface area contributed by atoms with Crippen LogP contribution >= 0.6 is 0 Å². The number of nitrogens with zero attached hydrogens (tertiary/aromatic N) is 4. The molecule has 0 saturated carbocycles. The molecule has 0 aromatic carbocycles. The van der Waals surface area contributed by atoms with Gasteiger partial charge in [-0.15, -0.1) is 0 Å². The first-order valence-corrected chi connectivity index (χ1v) is 4.18. The second-order valence-corrected chi connectivity index (χ2v) is 3.01. The maximum Gasteiger partial charge on any atom is 0.255 e. The van der Waals surface area contributed by atoms with Gasteiger partial charge in [0, 0.05) is 13.2 Å². The molecule has 0 aliphatic heterocycles. The van der Waals surface area contributed by atoms with Gasteiger partial charge in [0.25, 0.3) is 5.89 Å². The first-order chi connectivity index (χ1) is 6.66.